The van der Waals surface area contributed by atoms with Gasteiger partial charge in [0.2, 0.25) is 0 Å². The number of hydrogen-bond acceptors (Lipinski definition) is 3. The zero-order valence-electron chi connectivity index (χ0n) is 8.21. The van der Waals surface area contributed by atoms with E-state index in [0.29, 0.717) is 12.2 Å². The Morgan fingerprint density at radius 1 is 1.62 bits per heavy atom. The summed E-state index contributed by atoms with van der Waals surface area (Å²) in [5, 5.41) is 0. The van der Waals surface area contributed by atoms with Gasteiger partial charge in [-0.05, 0) is 12.5 Å². The van der Waals surface area contributed by atoms with Crippen molar-refractivity contribution in [3.63, 3.8) is 0 Å². The molecule has 0 aliphatic carbocycles. The molecule has 0 aromatic rings. The summed E-state index contributed by atoms with van der Waals surface area (Å²) in [6.45, 7) is 9.41. The Morgan fingerprint density at radius 3 is 2.62 bits per heavy atom. The summed E-state index contributed by atoms with van der Waals surface area (Å²) in [6.07, 6.45) is 1.44. The fourth-order valence-electron chi connectivity index (χ4n) is 0.869. The van der Waals surface area contributed by atoms with Gasteiger partial charge in [0.1, 0.15) is 0 Å². The van der Waals surface area contributed by atoms with Gasteiger partial charge >= 0.3 is 5.97 Å². The number of rotatable bonds is 6. The lowest BCUT2D eigenvalue weighted by molar-refractivity contribution is -0.145. The molecule has 3 nitrogen and oxygen atoms in total. The van der Waals surface area contributed by atoms with Crippen molar-refractivity contribution in [3.05, 3.63) is 24.8 Å². The van der Waals surface area contributed by atoms with Crippen LogP contribution in [0.5, 0.6) is 0 Å². The zero-order valence-corrected chi connectivity index (χ0v) is 8.21. The third-order valence-corrected chi connectivity index (χ3v) is 1.62. The molecule has 1 atom stereocenters. The Morgan fingerprint density at radius 2 is 2.23 bits per heavy atom. The maximum absolute atomic E-state index is 11.1. The molecular weight excluding hydrogens is 168 g/mol. The topological polar surface area (TPSA) is 35.5 Å². The monoisotopic (exact) mass is 184 g/mol. The summed E-state index contributed by atoms with van der Waals surface area (Å²) < 4.78 is 9.82. The second-order valence-corrected chi connectivity index (χ2v) is 2.51. The van der Waals surface area contributed by atoms with E-state index in [1.165, 1.54) is 7.11 Å². The zero-order chi connectivity index (χ0) is 10.3. The smallest absolute Gasteiger partial charge is 0.308 e. The van der Waals surface area contributed by atoms with Crippen LogP contribution in [0.4, 0.5) is 0 Å². The Kier molecular flexibility index (Phi) is 5.89. The van der Waals surface area contributed by atoms with Crippen molar-refractivity contribution in [2.45, 2.75) is 19.4 Å². The van der Waals surface area contributed by atoms with Crippen molar-refractivity contribution in [2.24, 2.45) is 0 Å². The van der Waals surface area contributed by atoms with Crippen LogP contribution in [0.1, 0.15) is 13.3 Å². The first kappa shape index (κ1) is 11.9. The van der Waals surface area contributed by atoms with Crippen molar-refractivity contribution in [1.29, 1.82) is 0 Å². The van der Waals surface area contributed by atoms with Crippen molar-refractivity contribution < 1.29 is 14.3 Å². The minimum Gasteiger partial charge on any atom is -0.466 e. The fourth-order valence-corrected chi connectivity index (χ4v) is 0.869. The number of esters is 1. The van der Waals surface area contributed by atoms with E-state index >= 15 is 0 Å². The van der Waals surface area contributed by atoms with Gasteiger partial charge in [-0.3, -0.25) is 4.79 Å². The highest BCUT2D eigenvalue weighted by atomic mass is 16.5. The van der Waals surface area contributed by atoms with Crippen LogP contribution in [-0.4, -0.2) is 25.8 Å². The average molecular weight is 184 g/mol. The van der Waals surface area contributed by atoms with Gasteiger partial charge in [-0.2, -0.15) is 0 Å². The van der Waals surface area contributed by atoms with E-state index in [0.717, 1.165) is 0 Å². The molecule has 0 radical (unpaired) electrons. The molecule has 13 heavy (non-hydrogen) atoms. The lowest BCUT2D eigenvalue weighted by Crippen LogP contribution is -2.19. The SMILES string of the molecule is C=CC(=C)C(CC(=O)OCC)OC. The first-order valence-electron chi connectivity index (χ1n) is 4.15. The first-order chi connectivity index (χ1) is 6.15. The fraction of sp³-hybridized carbons (Fsp3) is 0.500. The molecule has 0 aromatic carbocycles. The van der Waals surface area contributed by atoms with Crippen LogP contribution in [0.3, 0.4) is 0 Å². The molecular formula is C10H16O3. The van der Waals surface area contributed by atoms with E-state index < -0.39 is 0 Å². The Hall–Kier alpha value is -1.09. The molecule has 3 heteroatoms. The molecule has 1 unspecified atom stereocenters. The summed E-state index contributed by atoms with van der Waals surface area (Å²) in [5.41, 5.74) is 0.690. The molecule has 74 valence electrons. The Balaban J connectivity index is 4.04. The highest BCUT2D eigenvalue weighted by Crippen LogP contribution is 2.09. The predicted molar refractivity (Wildman–Crippen MR) is 51.4 cm³/mol. The molecule has 0 rings (SSSR count). The molecule has 0 saturated heterocycles. The number of carbonyl (C=O) groups excluding carboxylic acids is 1. The van der Waals surface area contributed by atoms with Crippen LogP contribution in [0, 0.1) is 0 Å². The molecule has 0 amide bonds. The van der Waals surface area contributed by atoms with Crippen molar-refractivity contribution >= 4 is 5.97 Å². The van der Waals surface area contributed by atoms with Gasteiger partial charge in [-0.25, -0.2) is 0 Å². The largest absolute Gasteiger partial charge is 0.466 e. The number of methoxy groups -OCH3 is 1. The summed E-state index contributed by atoms with van der Waals surface area (Å²) in [5.74, 6) is -0.280. The lowest BCUT2D eigenvalue weighted by atomic mass is 10.1. The van der Waals surface area contributed by atoms with E-state index in [1.54, 1.807) is 13.0 Å². The second-order valence-electron chi connectivity index (χ2n) is 2.51. The molecule has 0 aliphatic heterocycles. The number of carbonyl (C=O) groups is 1. The van der Waals surface area contributed by atoms with E-state index in [-0.39, 0.29) is 18.5 Å². The average Bonchev–Trinajstić information content (AvgIpc) is 2.13. The quantitative estimate of drug-likeness (QED) is 0.465. The van der Waals surface area contributed by atoms with Gasteiger partial charge in [0.25, 0.3) is 0 Å². The van der Waals surface area contributed by atoms with Crippen molar-refractivity contribution in [3.8, 4) is 0 Å². The summed E-state index contributed by atoms with van der Waals surface area (Å²) in [6, 6.07) is 0. The third-order valence-electron chi connectivity index (χ3n) is 1.62. The van der Waals surface area contributed by atoms with Gasteiger partial charge in [-0.15, -0.1) is 0 Å². The summed E-state index contributed by atoms with van der Waals surface area (Å²) in [7, 11) is 1.53. The normalized spacial score (nSPS) is 11.8. The van der Waals surface area contributed by atoms with Crippen LogP contribution in [-0.2, 0) is 14.3 Å². The molecule has 0 aromatic heterocycles. The van der Waals surface area contributed by atoms with E-state index in [9.17, 15) is 4.79 Å². The van der Waals surface area contributed by atoms with E-state index in [1.807, 2.05) is 0 Å². The molecule has 0 fully saturated rings. The Bertz CT molecular complexity index is 196. The van der Waals surface area contributed by atoms with Crippen LogP contribution in [0.25, 0.3) is 0 Å². The van der Waals surface area contributed by atoms with Crippen LogP contribution in [0.2, 0.25) is 0 Å². The second kappa shape index (κ2) is 6.43. The molecule has 0 bridgehead atoms. The molecule has 0 aliphatic rings. The Labute approximate surface area is 79.0 Å². The van der Waals surface area contributed by atoms with E-state index in [4.69, 9.17) is 9.47 Å². The van der Waals surface area contributed by atoms with Gasteiger partial charge < -0.3 is 9.47 Å². The van der Waals surface area contributed by atoms with Gasteiger partial charge in [0.15, 0.2) is 0 Å². The van der Waals surface area contributed by atoms with Crippen molar-refractivity contribution in [1.82, 2.24) is 0 Å². The highest BCUT2D eigenvalue weighted by molar-refractivity contribution is 5.70. The first-order valence-corrected chi connectivity index (χ1v) is 4.15. The standard InChI is InChI=1S/C10H16O3/c1-5-8(3)9(12-4)7-10(11)13-6-2/h5,9H,1,3,6-7H2,2,4H3. The van der Waals surface area contributed by atoms with Crippen LogP contribution < -0.4 is 0 Å². The minimum absolute atomic E-state index is 0.190. The van der Waals surface area contributed by atoms with Crippen LogP contribution >= 0.6 is 0 Å². The predicted octanol–water partition coefficient (Wildman–Crippen LogP) is 1.70. The summed E-state index contributed by atoms with van der Waals surface area (Å²) in [4.78, 5) is 11.1. The molecule has 0 heterocycles. The van der Waals surface area contributed by atoms with Gasteiger partial charge in [0.05, 0.1) is 19.1 Å². The van der Waals surface area contributed by atoms with Gasteiger partial charge in [0, 0.05) is 7.11 Å². The van der Waals surface area contributed by atoms with E-state index in [2.05, 4.69) is 13.2 Å². The number of hydrogen-bond donors (Lipinski definition) is 0. The van der Waals surface area contributed by atoms with Gasteiger partial charge in [-0.1, -0.05) is 19.2 Å². The molecule has 0 N–H and O–H groups in total. The molecule has 0 saturated carbocycles. The highest BCUT2D eigenvalue weighted by Gasteiger charge is 2.14. The maximum atomic E-state index is 11.1. The van der Waals surface area contributed by atoms with Crippen LogP contribution in [0.15, 0.2) is 24.8 Å². The van der Waals surface area contributed by atoms with Crippen molar-refractivity contribution in [2.75, 3.05) is 13.7 Å². The minimum atomic E-state index is -0.323. The number of ether oxygens (including phenoxy) is 2. The molecule has 0 spiro atoms. The maximum Gasteiger partial charge on any atom is 0.308 e. The lowest BCUT2D eigenvalue weighted by Gasteiger charge is -2.14. The third kappa shape index (κ3) is 4.48. The summed E-state index contributed by atoms with van der Waals surface area (Å²) >= 11 is 0.